The Morgan fingerprint density at radius 1 is 1.28 bits per heavy atom. The van der Waals surface area contributed by atoms with Crippen molar-refractivity contribution in [3.8, 4) is 0 Å². The Kier molecular flexibility index (Phi) is 2.07. The van der Waals surface area contributed by atoms with Gasteiger partial charge in [0.25, 0.3) is 5.79 Å². The second-order valence-corrected chi connectivity index (χ2v) is 3.88. The monoisotopic (exact) mass is 247 g/mol. The van der Waals surface area contributed by atoms with Crippen molar-refractivity contribution in [2.45, 2.75) is 5.79 Å². The van der Waals surface area contributed by atoms with Gasteiger partial charge in [-0.2, -0.15) is 0 Å². The molecule has 1 aliphatic rings. The second-order valence-electron chi connectivity index (χ2n) is 3.88. The summed E-state index contributed by atoms with van der Waals surface area (Å²) in [4.78, 5) is 11.3. The van der Waals surface area contributed by atoms with Gasteiger partial charge in [0.1, 0.15) is 0 Å². The van der Waals surface area contributed by atoms with E-state index in [4.69, 9.17) is 19.0 Å². The molecule has 1 aliphatic carbocycles. The molecule has 2 N–H and O–H groups in total. The average molecular weight is 247 g/mol. The van der Waals surface area contributed by atoms with Gasteiger partial charge in [-0.15, -0.1) is 0 Å². The molecule has 0 saturated heterocycles. The minimum Gasteiger partial charge on any atom is -0.462 e. The fraction of sp³-hybridized carbons (Fsp3) is 0.167. The van der Waals surface area contributed by atoms with Crippen LogP contribution in [-0.2, 0) is 10.5 Å². The summed E-state index contributed by atoms with van der Waals surface area (Å²) in [5.74, 6) is -2.08. The van der Waals surface area contributed by atoms with E-state index in [2.05, 4.69) is 0 Å². The summed E-state index contributed by atoms with van der Waals surface area (Å²) >= 11 is 0. The van der Waals surface area contributed by atoms with Crippen LogP contribution in [-0.4, -0.2) is 17.9 Å². The van der Waals surface area contributed by atoms with Gasteiger partial charge in [-0.3, -0.25) is 5.41 Å². The van der Waals surface area contributed by atoms with Crippen molar-refractivity contribution in [1.82, 2.24) is 0 Å². The van der Waals surface area contributed by atoms with E-state index in [1.165, 1.54) is 25.5 Å². The number of methoxy groups -OCH3 is 1. The highest BCUT2D eigenvalue weighted by Gasteiger charge is 2.47. The van der Waals surface area contributed by atoms with Crippen molar-refractivity contribution in [2.24, 2.45) is 0 Å². The van der Waals surface area contributed by atoms with Crippen LogP contribution in [0.3, 0.4) is 0 Å². The van der Waals surface area contributed by atoms with Gasteiger partial charge in [0.2, 0.25) is 0 Å². The van der Waals surface area contributed by atoms with Crippen LogP contribution in [0.15, 0.2) is 38.1 Å². The lowest BCUT2D eigenvalue weighted by atomic mass is 9.89. The molecule has 0 aromatic carbocycles. The summed E-state index contributed by atoms with van der Waals surface area (Å²) in [6.07, 6.45) is 1.34. The van der Waals surface area contributed by atoms with Crippen LogP contribution in [0.25, 0.3) is 0 Å². The molecule has 2 heterocycles. The van der Waals surface area contributed by atoms with Crippen LogP contribution in [0, 0.1) is 5.41 Å². The average Bonchev–Trinajstić information content (AvgIpc) is 2.86. The molecule has 3 rings (SSSR count). The van der Waals surface area contributed by atoms with Crippen molar-refractivity contribution in [2.75, 3.05) is 7.11 Å². The Morgan fingerprint density at radius 2 is 2.00 bits per heavy atom. The Hall–Kier alpha value is -2.18. The lowest BCUT2D eigenvalue weighted by Crippen LogP contribution is -2.37. The first-order chi connectivity index (χ1) is 8.58. The van der Waals surface area contributed by atoms with E-state index < -0.39 is 11.4 Å². The molecule has 0 radical (unpaired) electrons. The van der Waals surface area contributed by atoms with Crippen LogP contribution in [0.5, 0.6) is 0 Å². The van der Waals surface area contributed by atoms with Crippen molar-refractivity contribution in [1.29, 1.82) is 5.41 Å². The summed E-state index contributed by atoms with van der Waals surface area (Å²) in [7, 11) is 1.26. The SMILES string of the molecule is COC1(O)c2occc2C(=N)c2ccc(=O)oc21. The zero-order valence-corrected chi connectivity index (χ0v) is 9.39. The first-order valence-electron chi connectivity index (χ1n) is 5.17. The van der Waals surface area contributed by atoms with Gasteiger partial charge >= 0.3 is 5.63 Å². The smallest absolute Gasteiger partial charge is 0.336 e. The molecule has 6 heteroatoms. The topological polar surface area (TPSA) is 96.7 Å². The molecular formula is C12H9NO5. The summed E-state index contributed by atoms with van der Waals surface area (Å²) in [5, 5.41) is 18.5. The highest BCUT2D eigenvalue weighted by atomic mass is 16.6. The standard InChI is InChI=1S/C12H9NO5/c1-16-12(15)10-7(4-5-17-10)9(13)6-2-3-8(14)18-11(6)12/h2-5,13,15H,1H3. The lowest BCUT2D eigenvalue weighted by molar-refractivity contribution is -0.186. The fourth-order valence-electron chi connectivity index (χ4n) is 2.07. The first-order valence-corrected chi connectivity index (χ1v) is 5.17. The van der Waals surface area contributed by atoms with E-state index in [0.717, 1.165) is 0 Å². The van der Waals surface area contributed by atoms with Crippen LogP contribution in [0.2, 0.25) is 0 Å². The van der Waals surface area contributed by atoms with Crippen molar-refractivity contribution >= 4 is 5.71 Å². The van der Waals surface area contributed by atoms with Crippen molar-refractivity contribution < 1.29 is 18.7 Å². The Morgan fingerprint density at radius 3 is 2.72 bits per heavy atom. The third-order valence-corrected chi connectivity index (χ3v) is 2.95. The fourth-order valence-corrected chi connectivity index (χ4v) is 2.07. The minimum absolute atomic E-state index is 0.0388. The van der Waals surface area contributed by atoms with Gasteiger partial charge in [-0.05, 0) is 12.1 Å². The summed E-state index contributed by atoms with van der Waals surface area (Å²) in [5.41, 5.74) is 0.180. The van der Waals surface area contributed by atoms with E-state index in [1.54, 1.807) is 6.07 Å². The van der Waals surface area contributed by atoms with Gasteiger partial charge < -0.3 is 18.7 Å². The molecule has 0 spiro atoms. The molecule has 6 nitrogen and oxygen atoms in total. The number of nitrogens with one attached hydrogen (secondary N) is 1. The van der Waals surface area contributed by atoms with Crippen LogP contribution < -0.4 is 5.63 Å². The highest BCUT2D eigenvalue weighted by Crippen LogP contribution is 2.40. The number of aliphatic hydroxyl groups is 1. The number of fused-ring (bicyclic) bond motifs is 2. The summed E-state index contributed by atoms with van der Waals surface area (Å²) < 4.78 is 15.1. The molecule has 0 fully saturated rings. The third kappa shape index (κ3) is 1.18. The molecule has 92 valence electrons. The Bertz CT molecular complexity index is 698. The molecule has 1 unspecified atom stereocenters. The van der Waals surface area contributed by atoms with E-state index in [-0.39, 0.29) is 17.2 Å². The van der Waals surface area contributed by atoms with Gasteiger partial charge in [-0.25, -0.2) is 4.79 Å². The van der Waals surface area contributed by atoms with Crippen LogP contribution in [0.4, 0.5) is 0 Å². The molecule has 1 atom stereocenters. The number of furan rings is 1. The van der Waals surface area contributed by atoms with Gasteiger partial charge in [0.05, 0.1) is 12.0 Å². The molecule has 2 aromatic rings. The maximum atomic E-state index is 11.3. The molecule has 2 aromatic heterocycles. The largest absolute Gasteiger partial charge is 0.462 e. The van der Waals surface area contributed by atoms with Gasteiger partial charge in [-0.1, -0.05) is 0 Å². The zero-order chi connectivity index (χ0) is 12.9. The summed E-state index contributed by atoms with van der Waals surface area (Å²) in [6.45, 7) is 0. The van der Waals surface area contributed by atoms with Crippen LogP contribution >= 0.6 is 0 Å². The van der Waals surface area contributed by atoms with E-state index in [0.29, 0.717) is 11.1 Å². The molecule has 0 saturated carbocycles. The summed E-state index contributed by atoms with van der Waals surface area (Å²) in [6, 6.07) is 4.16. The predicted molar refractivity (Wildman–Crippen MR) is 59.6 cm³/mol. The zero-order valence-electron chi connectivity index (χ0n) is 9.39. The van der Waals surface area contributed by atoms with Crippen LogP contribution in [0.1, 0.15) is 22.6 Å². The molecule has 18 heavy (non-hydrogen) atoms. The molecular weight excluding hydrogens is 238 g/mol. The first kappa shape index (κ1) is 10.9. The molecule has 0 amide bonds. The maximum absolute atomic E-state index is 11.3. The number of ether oxygens (including phenoxy) is 1. The number of rotatable bonds is 1. The van der Waals surface area contributed by atoms with Gasteiger partial charge in [0, 0.05) is 24.3 Å². The second kappa shape index (κ2) is 3.41. The number of hydrogen-bond donors (Lipinski definition) is 2. The number of hydrogen-bond acceptors (Lipinski definition) is 6. The normalized spacial score (nSPS) is 21.6. The van der Waals surface area contributed by atoms with Gasteiger partial charge in [0.15, 0.2) is 11.5 Å². The quantitative estimate of drug-likeness (QED) is 0.726. The lowest BCUT2D eigenvalue weighted by Gasteiger charge is -2.29. The molecule has 0 bridgehead atoms. The molecule has 0 aliphatic heterocycles. The highest BCUT2D eigenvalue weighted by molar-refractivity contribution is 6.13. The Balaban J connectivity index is 2.40. The van der Waals surface area contributed by atoms with E-state index in [9.17, 15) is 9.90 Å². The van der Waals surface area contributed by atoms with E-state index >= 15 is 0 Å². The maximum Gasteiger partial charge on any atom is 0.336 e. The van der Waals surface area contributed by atoms with Crippen molar-refractivity contribution in [3.63, 3.8) is 0 Å². The predicted octanol–water partition coefficient (Wildman–Crippen LogP) is 0.802. The third-order valence-electron chi connectivity index (χ3n) is 2.95. The van der Waals surface area contributed by atoms with E-state index in [1.807, 2.05) is 0 Å². The minimum atomic E-state index is -1.99. The Labute approximate surface area is 101 Å². The van der Waals surface area contributed by atoms with Crippen molar-refractivity contribution in [3.05, 3.63) is 57.5 Å².